The molecule has 1 aromatic heterocycles. The normalized spacial score (nSPS) is 12.2. The van der Waals surface area contributed by atoms with Crippen molar-refractivity contribution < 1.29 is 22.8 Å². The summed E-state index contributed by atoms with van der Waals surface area (Å²) < 4.78 is 41.2. The maximum absolute atomic E-state index is 13.4. The standard InChI is InChI=1S/C22H19Cl2N2O5PS/c23-18-11-19(24)13-21(12-18)33(30,31)26(15-32(27,28)29)20-6-7-22-17(10-20)8-9-25(22)14-16-4-2-1-3-5-16/h1-13H,14-15H2,(H2,27,28,29). The van der Waals surface area contributed by atoms with Crippen LogP contribution in [0.3, 0.4) is 0 Å². The first kappa shape index (κ1) is 23.8. The van der Waals surface area contributed by atoms with E-state index in [0.717, 1.165) is 16.5 Å². The number of rotatable bonds is 7. The van der Waals surface area contributed by atoms with E-state index < -0.39 is 23.9 Å². The SMILES string of the molecule is O=P(O)(O)CN(c1ccc2c(ccn2Cc2ccccc2)c1)S(=O)(=O)c1cc(Cl)cc(Cl)c1. The number of fused-ring (bicyclic) bond motifs is 1. The summed E-state index contributed by atoms with van der Waals surface area (Å²) in [6.07, 6.45) is 0.843. The Labute approximate surface area is 201 Å². The summed E-state index contributed by atoms with van der Waals surface area (Å²) >= 11 is 11.9. The third kappa shape index (κ3) is 5.44. The third-order valence-electron chi connectivity index (χ3n) is 4.98. The molecule has 0 unspecified atom stereocenters. The van der Waals surface area contributed by atoms with E-state index >= 15 is 0 Å². The van der Waals surface area contributed by atoms with Gasteiger partial charge in [0.25, 0.3) is 10.0 Å². The van der Waals surface area contributed by atoms with E-state index in [-0.39, 0.29) is 20.6 Å². The Kier molecular flexibility index (Phi) is 6.60. The minimum atomic E-state index is -4.75. The first-order valence-electron chi connectivity index (χ1n) is 9.69. The Hall–Kier alpha value is -2.32. The fourth-order valence-electron chi connectivity index (χ4n) is 3.53. The van der Waals surface area contributed by atoms with Crippen molar-refractivity contribution >= 4 is 57.4 Å². The molecule has 7 nitrogen and oxygen atoms in total. The molecule has 0 spiro atoms. The molecule has 33 heavy (non-hydrogen) atoms. The van der Waals surface area contributed by atoms with Crippen molar-refractivity contribution in [1.29, 1.82) is 0 Å². The van der Waals surface area contributed by atoms with Crippen LogP contribution in [0.4, 0.5) is 5.69 Å². The van der Waals surface area contributed by atoms with Crippen LogP contribution in [-0.2, 0) is 21.1 Å². The molecule has 0 fully saturated rings. The van der Waals surface area contributed by atoms with Crippen LogP contribution in [0, 0.1) is 0 Å². The molecule has 1 heterocycles. The van der Waals surface area contributed by atoms with Crippen LogP contribution in [0.25, 0.3) is 10.9 Å². The quantitative estimate of drug-likeness (QED) is 0.318. The zero-order valence-electron chi connectivity index (χ0n) is 17.0. The van der Waals surface area contributed by atoms with Crippen LogP contribution >= 0.6 is 30.8 Å². The van der Waals surface area contributed by atoms with Crippen LogP contribution < -0.4 is 4.31 Å². The molecule has 0 aliphatic rings. The molecule has 4 aromatic rings. The smallest absolute Gasteiger partial charge is 0.343 e. The van der Waals surface area contributed by atoms with Gasteiger partial charge in [-0.25, -0.2) is 8.42 Å². The number of nitrogens with zero attached hydrogens (tertiary/aromatic N) is 2. The molecule has 0 aliphatic carbocycles. The molecule has 0 amide bonds. The Bertz CT molecular complexity index is 1450. The van der Waals surface area contributed by atoms with Crippen LogP contribution in [0.1, 0.15) is 5.56 Å². The second-order valence-electron chi connectivity index (χ2n) is 7.44. The lowest BCUT2D eigenvalue weighted by Gasteiger charge is -2.25. The van der Waals surface area contributed by atoms with Crippen LogP contribution in [-0.4, -0.2) is 29.1 Å². The Morgan fingerprint density at radius 1 is 0.909 bits per heavy atom. The molecular formula is C22H19Cl2N2O5PS. The van der Waals surface area contributed by atoms with Gasteiger partial charge in [-0.3, -0.25) is 8.87 Å². The first-order chi connectivity index (χ1) is 15.5. The van der Waals surface area contributed by atoms with E-state index in [1.54, 1.807) is 12.1 Å². The van der Waals surface area contributed by atoms with Gasteiger partial charge in [0, 0.05) is 33.7 Å². The number of hydrogen-bond acceptors (Lipinski definition) is 3. The number of anilines is 1. The van der Waals surface area contributed by atoms with Gasteiger partial charge >= 0.3 is 7.60 Å². The molecule has 4 rings (SSSR count). The van der Waals surface area contributed by atoms with Crippen molar-refractivity contribution in [3.8, 4) is 0 Å². The maximum Gasteiger partial charge on any atom is 0.345 e. The zero-order chi connectivity index (χ0) is 23.8. The second-order valence-corrected chi connectivity index (χ2v) is 11.8. The summed E-state index contributed by atoms with van der Waals surface area (Å²) in [6.45, 7) is 0.620. The summed E-state index contributed by atoms with van der Waals surface area (Å²) in [5.74, 6) is 0. The van der Waals surface area contributed by atoms with Gasteiger partial charge in [-0.05, 0) is 48.0 Å². The van der Waals surface area contributed by atoms with E-state index in [0.29, 0.717) is 10.8 Å². The highest BCUT2D eigenvalue weighted by atomic mass is 35.5. The van der Waals surface area contributed by atoms with Gasteiger partial charge in [-0.15, -0.1) is 0 Å². The molecule has 172 valence electrons. The van der Waals surface area contributed by atoms with Crippen molar-refractivity contribution in [3.05, 3.63) is 94.6 Å². The van der Waals surface area contributed by atoms with E-state index in [2.05, 4.69) is 0 Å². The molecule has 0 aliphatic heterocycles. The molecule has 0 radical (unpaired) electrons. The second kappa shape index (κ2) is 9.14. The fraction of sp³-hybridized carbons (Fsp3) is 0.0909. The highest BCUT2D eigenvalue weighted by Crippen LogP contribution is 2.40. The summed E-state index contributed by atoms with van der Waals surface area (Å²) in [7, 11) is -9.13. The summed E-state index contributed by atoms with van der Waals surface area (Å²) in [5.41, 5.74) is 2.06. The van der Waals surface area contributed by atoms with E-state index in [1.807, 2.05) is 47.2 Å². The van der Waals surface area contributed by atoms with Gasteiger partial charge < -0.3 is 14.4 Å². The molecule has 0 atom stereocenters. The van der Waals surface area contributed by atoms with Crippen molar-refractivity contribution in [2.75, 3.05) is 10.6 Å². The molecular weight excluding hydrogens is 506 g/mol. The number of aromatic nitrogens is 1. The van der Waals surface area contributed by atoms with Crippen LogP contribution in [0.2, 0.25) is 10.0 Å². The Balaban J connectivity index is 1.77. The highest BCUT2D eigenvalue weighted by molar-refractivity contribution is 7.93. The van der Waals surface area contributed by atoms with Crippen molar-refractivity contribution in [3.63, 3.8) is 0 Å². The number of benzene rings is 3. The van der Waals surface area contributed by atoms with E-state index in [4.69, 9.17) is 23.2 Å². The van der Waals surface area contributed by atoms with E-state index in [9.17, 15) is 22.8 Å². The molecule has 0 bridgehead atoms. The van der Waals surface area contributed by atoms with Crippen molar-refractivity contribution in [2.45, 2.75) is 11.4 Å². The molecule has 11 heteroatoms. The number of halogens is 2. The fourth-order valence-corrected chi connectivity index (χ4v) is 6.94. The van der Waals surface area contributed by atoms with Crippen molar-refractivity contribution in [1.82, 2.24) is 4.57 Å². The third-order valence-corrected chi connectivity index (χ3v) is 8.01. The average molecular weight is 525 g/mol. The lowest BCUT2D eigenvalue weighted by molar-refractivity contribution is 0.373. The average Bonchev–Trinajstić information content (AvgIpc) is 3.13. The summed E-state index contributed by atoms with van der Waals surface area (Å²) in [5, 5.41) is 0.898. The largest absolute Gasteiger partial charge is 0.345 e. The van der Waals surface area contributed by atoms with E-state index in [1.165, 1.54) is 24.3 Å². The van der Waals surface area contributed by atoms with Crippen molar-refractivity contribution in [2.24, 2.45) is 0 Å². The topological polar surface area (TPSA) is 99.8 Å². The first-order valence-corrected chi connectivity index (χ1v) is 13.7. The van der Waals surface area contributed by atoms with Crippen LogP contribution in [0.5, 0.6) is 0 Å². The van der Waals surface area contributed by atoms with Crippen LogP contribution in [0.15, 0.2) is 83.9 Å². The van der Waals surface area contributed by atoms with Gasteiger partial charge in [-0.1, -0.05) is 53.5 Å². The maximum atomic E-state index is 13.4. The Morgan fingerprint density at radius 3 is 2.21 bits per heavy atom. The van der Waals surface area contributed by atoms with Gasteiger partial charge in [0.05, 0.1) is 10.6 Å². The minimum absolute atomic E-state index is 0.0886. The number of sulfonamides is 1. The van der Waals surface area contributed by atoms with Gasteiger partial charge in [0.15, 0.2) is 0 Å². The molecule has 3 aromatic carbocycles. The Morgan fingerprint density at radius 2 is 1.58 bits per heavy atom. The van der Waals surface area contributed by atoms with Gasteiger partial charge in [0.2, 0.25) is 0 Å². The zero-order valence-corrected chi connectivity index (χ0v) is 20.3. The minimum Gasteiger partial charge on any atom is -0.343 e. The van der Waals surface area contributed by atoms with Gasteiger partial charge in [0.1, 0.15) is 6.29 Å². The lowest BCUT2D eigenvalue weighted by Crippen LogP contribution is -2.32. The monoisotopic (exact) mass is 524 g/mol. The highest BCUT2D eigenvalue weighted by Gasteiger charge is 2.32. The molecule has 0 saturated heterocycles. The predicted octanol–water partition coefficient (Wildman–Crippen LogP) is 5.33. The summed E-state index contributed by atoms with van der Waals surface area (Å²) in [4.78, 5) is 18.9. The molecule has 0 saturated carbocycles. The number of hydrogen-bond donors (Lipinski definition) is 2. The molecule has 2 N–H and O–H groups in total. The van der Waals surface area contributed by atoms with Gasteiger partial charge in [-0.2, -0.15) is 0 Å². The summed E-state index contributed by atoms with van der Waals surface area (Å²) in [6, 6.07) is 20.2. The lowest BCUT2D eigenvalue weighted by atomic mass is 10.2. The predicted molar refractivity (Wildman–Crippen MR) is 131 cm³/mol.